The van der Waals surface area contributed by atoms with E-state index in [9.17, 15) is 14.4 Å². The van der Waals surface area contributed by atoms with Crippen molar-refractivity contribution in [3.8, 4) is 0 Å². The number of ether oxygens (including phenoxy) is 1. The summed E-state index contributed by atoms with van der Waals surface area (Å²) in [5.74, 6) is -0.656. The normalized spacial score (nSPS) is 13.0. The zero-order valence-electron chi connectivity index (χ0n) is 18.9. The van der Waals surface area contributed by atoms with Crippen molar-refractivity contribution in [1.82, 2.24) is 14.7 Å². The van der Waals surface area contributed by atoms with Crippen molar-refractivity contribution in [2.75, 3.05) is 13.2 Å². The topological polar surface area (TPSA) is 81.5 Å². The minimum absolute atomic E-state index is 0.0543. The van der Waals surface area contributed by atoms with E-state index in [1.165, 1.54) is 23.8 Å². The second-order valence-corrected chi connectivity index (χ2v) is 8.95. The van der Waals surface area contributed by atoms with Gasteiger partial charge < -0.3 is 9.64 Å². The lowest BCUT2D eigenvalue weighted by molar-refractivity contribution is 0.0513. The number of rotatable bonds is 8. The number of esters is 1. The molecule has 172 valence electrons. The average Bonchev–Trinajstić information content (AvgIpc) is 3.45. The Hall–Kier alpha value is -3.26. The van der Waals surface area contributed by atoms with Crippen LogP contribution < -0.4 is 0 Å². The van der Waals surface area contributed by atoms with Crippen LogP contribution in [0.5, 0.6) is 0 Å². The van der Waals surface area contributed by atoms with Crippen LogP contribution in [-0.2, 0) is 30.7 Å². The second kappa shape index (κ2) is 10.1. The average molecular weight is 466 g/mol. The Labute approximate surface area is 197 Å². The molecule has 1 aromatic carbocycles. The number of hydrogen-bond donors (Lipinski definition) is 0. The number of nitrogens with zero attached hydrogens (tertiary/aromatic N) is 3. The molecule has 7 nitrogen and oxygen atoms in total. The number of thiophene rings is 1. The van der Waals surface area contributed by atoms with Gasteiger partial charge in [-0.2, -0.15) is 5.10 Å². The maximum atomic E-state index is 13.1. The molecule has 0 radical (unpaired) electrons. The van der Waals surface area contributed by atoms with Gasteiger partial charge in [0, 0.05) is 36.1 Å². The van der Waals surface area contributed by atoms with Crippen molar-refractivity contribution in [1.29, 1.82) is 0 Å². The van der Waals surface area contributed by atoms with Crippen LogP contribution in [0.3, 0.4) is 0 Å². The molecule has 0 N–H and O–H groups in total. The highest BCUT2D eigenvalue weighted by Gasteiger charge is 2.31. The number of fused-ring (bicyclic) bond motifs is 1. The van der Waals surface area contributed by atoms with E-state index in [2.05, 4.69) is 17.2 Å². The SMILES string of the molecule is CCOC(=O)c1nn(CCCc2ccccc2)c2c1CN(C(=O)c1csc(C(C)=O)c1)CC2. The number of amides is 1. The second-order valence-electron chi connectivity index (χ2n) is 8.04. The van der Waals surface area contributed by atoms with Gasteiger partial charge in [-0.3, -0.25) is 14.3 Å². The van der Waals surface area contributed by atoms with Crippen LogP contribution in [-0.4, -0.2) is 45.5 Å². The zero-order chi connectivity index (χ0) is 23.4. The molecule has 0 saturated heterocycles. The summed E-state index contributed by atoms with van der Waals surface area (Å²) < 4.78 is 7.14. The predicted octanol–water partition coefficient (Wildman–Crippen LogP) is 4.16. The summed E-state index contributed by atoms with van der Waals surface area (Å²) in [5, 5.41) is 6.31. The summed E-state index contributed by atoms with van der Waals surface area (Å²) in [7, 11) is 0. The largest absolute Gasteiger partial charge is 0.461 e. The standard InChI is InChI=1S/C25H27N3O4S/c1-3-32-25(31)23-20-15-27(24(30)19-14-22(17(2)29)33-16-19)13-11-21(20)28(26-23)12-7-10-18-8-5-4-6-9-18/h4-6,8-9,14,16H,3,7,10-13,15H2,1-2H3. The van der Waals surface area contributed by atoms with E-state index in [-0.39, 0.29) is 18.3 Å². The lowest BCUT2D eigenvalue weighted by Gasteiger charge is -2.27. The van der Waals surface area contributed by atoms with Crippen LogP contribution in [0.2, 0.25) is 0 Å². The number of aryl methyl sites for hydroxylation is 2. The first kappa shape index (κ1) is 22.9. The molecule has 1 amide bonds. The van der Waals surface area contributed by atoms with E-state index < -0.39 is 5.97 Å². The minimum atomic E-state index is -0.459. The number of benzene rings is 1. The Morgan fingerprint density at radius 2 is 1.97 bits per heavy atom. The summed E-state index contributed by atoms with van der Waals surface area (Å²) in [6, 6.07) is 11.9. The van der Waals surface area contributed by atoms with Crippen LogP contribution in [0.4, 0.5) is 0 Å². The minimum Gasteiger partial charge on any atom is -0.461 e. The number of carbonyl (C=O) groups is 3. The highest BCUT2D eigenvalue weighted by Crippen LogP contribution is 2.26. The summed E-state index contributed by atoms with van der Waals surface area (Å²) in [6.07, 6.45) is 2.43. The number of Topliss-reactive ketones (excluding diaryl/α,β-unsaturated/α-hetero) is 1. The molecular weight excluding hydrogens is 438 g/mol. The molecule has 3 aromatic rings. The van der Waals surface area contributed by atoms with Gasteiger partial charge in [0.2, 0.25) is 0 Å². The van der Waals surface area contributed by atoms with E-state index in [0.717, 1.165) is 24.1 Å². The third-order valence-corrected chi connectivity index (χ3v) is 6.79. The van der Waals surface area contributed by atoms with Crippen LogP contribution in [0.25, 0.3) is 0 Å². The van der Waals surface area contributed by atoms with Crippen LogP contribution in [0.1, 0.15) is 67.6 Å². The fourth-order valence-electron chi connectivity index (χ4n) is 4.11. The third-order valence-electron chi connectivity index (χ3n) is 5.76. The highest BCUT2D eigenvalue weighted by molar-refractivity contribution is 7.12. The molecule has 1 aliphatic rings. The Balaban J connectivity index is 1.53. The van der Waals surface area contributed by atoms with E-state index in [1.807, 2.05) is 22.9 Å². The van der Waals surface area contributed by atoms with Gasteiger partial charge in [-0.15, -0.1) is 11.3 Å². The molecule has 0 saturated carbocycles. The quantitative estimate of drug-likeness (QED) is 0.369. The van der Waals surface area contributed by atoms with Gasteiger partial charge in [0.1, 0.15) is 0 Å². The van der Waals surface area contributed by atoms with Gasteiger partial charge in [0.05, 0.1) is 23.6 Å². The fourth-order valence-corrected chi connectivity index (χ4v) is 4.89. The number of carbonyl (C=O) groups excluding carboxylic acids is 3. The molecule has 3 heterocycles. The highest BCUT2D eigenvalue weighted by atomic mass is 32.1. The number of aromatic nitrogens is 2. The molecule has 4 rings (SSSR count). The molecule has 0 atom stereocenters. The first-order valence-electron chi connectivity index (χ1n) is 11.2. The summed E-state index contributed by atoms with van der Waals surface area (Å²) >= 11 is 1.27. The molecule has 1 aliphatic heterocycles. The monoisotopic (exact) mass is 465 g/mol. The molecule has 8 heteroatoms. The molecule has 0 aliphatic carbocycles. The zero-order valence-corrected chi connectivity index (χ0v) is 19.7. The van der Waals surface area contributed by atoms with Gasteiger partial charge in [0.15, 0.2) is 11.5 Å². The van der Waals surface area contributed by atoms with Crippen LogP contribution in [0.15, 0.2) is 41.8 Å². The lowest BCUT2D eigenvalue weighted by atomic mass is 10.0. The van der Waals surface area contributed by atoms with Crippen LogP contribution in [0, 0.1) is 0 Å². The van der Waals surface area contributed by atoms with Crippen molar-refractivity contribution in [2.45, 2.75) is 46.2 Å². The summed E-state index contributed by atoms with van der Waals surface area (Å²) in [6.45, 7) is 5.04. The van der Waals surface area contributed by atoms with E-state index in [0.29, 0.717) is 42.2 Å². The Morgan fingerprint density at radius 3 is 2.67 bits per heavy atom. The molecular formula is C25H27N3O4S. The smallest absolute Gasteiger partial charge is 0.359 e. The maximum absolute atomic E-state index is 13.1. The molecule has 0 spiro atoms. The third kappa shape index (κ3) is 5.06. The van der Waals surface area contributed by atoms with Crippen molar-refractivity contribution >= 4 is 29.0 Å². The Morgan fingerprint density at radius 1 is 1.18 bits per heavy atom. The Bertz CT molecular complexity index is 1170. The number of ketones is 1. The Kier molecular flexibility index (Phi) is 7.03. The molecule has 0 unspecified atom stereocenters. The first-order chi connectivity index (χ1) is 16.0. The van der Waals surface area contributed by atoms with E-state index in [1.54, 1.807) is 23.3 Å². The van der Waals surface area contributed by atoms with Gasteiger partial charge >= 0.3 is 5.97 Å². The van der Waals surface area contributed by atoms with Gasteiger partial charge in [0.25, 0.3) is 5.91 Å². The summed E-state index contributed by atoms with van der Waals surface area (Å²) in [4.78, 5) is 39.6. The lowest BCUT2D eigenvalue weighted by Crippen LogP contribution is -2.36. The number of hydrogen-bond acceptors (Lipinski definition) is 6. The maximum Gasteiger partial charge on any atom is 0.359 e. The molecule has 0 bridgehead atoms. The molecule has 0 fully saturated rings. The molecule has 33 heavy (non-hydrogen) atoms. The molecule has 2 aromatic heterocycles. The fraction of sp³-hybridized carbons (Fsp3) is 0.360. The summed E-state index contributed by atoms with van der Waals surface area (Å²) in [5.41, 5.74) is 3.81. The van der Waals surface area contributed by atoms with Crippen molar-refractivity contribution in [3.63, 3.8) is 0 Å². The van der Waals surface area contributed by atoms with Gasteiger partial charge in [-0.1, -0.05) is 30.3 Å². The van der Waals surface area contributed by atoms with Crippen LogP contribution >= 0.6 is 11.3 Å². The van der Waals surface area contributed by atoms with E-state index >= 15 is 0 Å². The predicted molar refractivity (Wildman–Crippen MR) is 126 cm³/mol. The van der Waals surface area contributed by atoms with Crippen molar-refractivity contribution in [3.05, 3.63) is 74.7 Å². The van der Waals surface area contributed by atoms with Crippen molar-refractivity contribution < 1.29 is 19.1 Å². The van der Waals surface area contributed by atoms with Gasteiger partial charge in [-0.05, 0) is 38.3 Å². The van der Waals surface area contributed by atoms with Crippen molar-refractivity contribution in [2.24, 2.45) is 0 Å². The van der Waals surface area contributed by atoms with E-state index in [4.69, 9.17) is 4.74 Å². The van der Waals surface area contributed by atoms with Gasteiger partial charge in [-0.25, -0.2) is 4.79 Å². The first-order valence-corrected chi connectivity index (χ1v) is 12.0.